The van der Waals surface area contributed by atoms with Gasteiger partial charge in [-0.2, -0.15) is 0 Å². The maximum Gasteiger partial charge on any atom is 0.472 e. The number of hydrogen-bond acceptors (Lipinski definition) is 9. The molecule has 0 aliphatic heterocycles. The van der Waals surface area contributed by atoms with Crippen LogP contribution >= 0.6 is 7.82 Å². The fourth-order valence-electron chi connectivity index (χ4n) is 4.90. The molecule has 0 radical (unpaired) electrons. The minimum Gasteiger partial charge on any atom is -0.480 e. The van der Waals surface area contributed by atoms with Gasteiger partial charge in [0.2, 0.25) is 0 Å². The molecule has 0 saturated heterocycles. The number of carbonyl (C=O) groups is 3. The van der Waals surface area contributed by atoms with E-state index >= 15 is 0 Å². The molecule has 0 rings (SSSR count). The monoisotopic (exact) mass is 793 g/mol. The standard InChI is InChI=1S/C43H72NO10P/c1-3-5-7-9-11-13-15-17-19-20-21-23-25-27-29-31-33-35-42(46)54-39(37-52-55(49,50)53-38-40(44)43(47)48)36-51-41(45)34-32-30-28-26-24-22-18-16-14-12-10-8-6-4-2/h10-13,16-19,21,23,27,29,39-40H,3-9,14-15,20,22,24-26,28,30-38,44H2,1-2H3,(H,47,48)(H,49,50)/b12-10+,13-11+,18-16+,19-17+,23-21+,29-27+/t39-,40+/m1/s1. The molecule has 0 aliphatic carbocycles. The van der Waals surface area contributed by atoms with Crippen LogP contribution in [0.25, 0.3) is 0 Å². The predicted octanol–water partition coefficient (Wildman–Crippen LogP) is 10.6. The van der Waals surface area contributed by atoms with E-state index in [0.29, 0.717) is 19.3 Å². The average Bonchev–Trinajstić information content (AvgIpc) is 3.16. The quantitative estimate of drug-likeness (QED) is 0.0236. The first-order chi connectivity index (χ1) is 26.6. The Bertz CT molecular complexity index is 1210. The molecule has 0 aromatic carbocycles. The molecule has 0 spiro atoms. The smallest absolute Gasteiger partial charge is 0.472 e. The third-order valence-corrected chi connectivity index (χ3v) is 9.13. The van der Waals surface area contributed by atoms with Gasteiger partial charge in [0, 0.05) is 12.8 Å². The highest BCUT2D eigenvalue weighted by Crippen LogP contribution is 2.43. The van der Waals surface area contributed by atoms with Crippen molar-refractivity contribution in [1.82, 2.24) is 0 Å². The molecule has 11 nitrogen and oxygen atoms in total. The lowest BCUT2D eigenvalue weighted by Crippen LogP contribution is -2.34. The number of carbonyl (C=O) groups excluding carboxylic acids is 2. The van der Waals surface area contributed by atoms with Crippen molar-refractivity contribution in [3.8, 4) is 0 Å². The first kappa shape index (κ1) is 51.9. The molecular formula is C43H72NO10P. The zero-order chi connectivity index (χ0) is 40.7. The fraction of sp³-hybridized carbons (Fsp3) is 0.651. The van der Waals surface area contributed by atoms with E-state index in [1.807, 2.05) is 12.2 Å². The molecule has 314 valence electrons. The summed E-state index contributed by atoms with van der Waals surface area (Å²) < 4.78 is 32.5. The minimum absolute atomic E-state index is 0.0785. The molecule has 0 fully saturated rings. The summed E-state index contributed by atoms with van der Waals surface area (Å²) >= 11 is 0. The fourth-order valence-corrected chi connectivity index (χ4v) is 5.67. The molecule has 0 aromatic rings. The predicted molar refractivity (Wildman–Crippen MR) is 221 cm³/mol. The van der Waals surface area contributed by atoms with Crippen LogP contribution in [0.15, 0.2) is 72.9 Å². The van der Waals surface area contributed by atoms with Gasteiger partial charge in [0.15, 0.2) is 6.10 Å². The van der Waals surface area contributed by atoms with Crippen LogP contribution in [0.3, 0.4) is 0 Å². The van der Waals surface area contributed by atoms with Crippen molar-refractivity contribution < 1.29 is 47.5 Å². The van der Waals surface area contributed by atoms with Crippen LogP contribution in [0.2, 0.25) is 0 Å². The number of hydrogen-bond donors (Lipinski definition) is 3. The normalized spacial score (nSPS) is 14.5. The van der Waals surface area contributed by atoms with Gasteiger partial charge in [-0.3, -0.25) is 23.4 Å². The third kappa shape index (κ3) is 37.6. The Morgan fingerprint density at radius 2 is 1.00 bits per heavy atom. The van der Waals surface area contributed by atoms with Crippen LogP contribution in [0.4, 0.5) is 0 Å². The number of carboxylic acids is 1. The molecule has 0 bridgehead atoms. The van der Waals surface area contributed by atoms with Crippen LogP contribution in [0.5, 0.6) is 0 Å². The van der Waals surface area contributed by atoms with E-state index in [9.17, 15) is 23.8 Å². The van der Waals surface area contributed by atoms with Crippen molar-refractivity contribution in [1.29, 1.82) is 0 Å². The first-order valence-electron chi connectivity index (χ1n) is 20.5. The maximum atomic E-state index is 12.6. The van der Waals surface area contributed by atoms with E-state index in [2.05, 4.69) is 79.1 Å². The summed E-state index contributed by atoms with van der Waals surface area (Å²) in [6.45, 7) is 2.64. The number of esters is 2. The van der Waals surface area contributed by atoms with Gasteiger partial charge in [0.1, 0.15) is 12.6 Å². The lowest BCUT2D eigenvalue weighted by atomic mass is 10.1. The van der Waals surface area contributed by atoms with Gasteiger partial charge in [-0.15, -0.1) is 0 Å². The molecule has 0 aromatic heterocycles. The number of phosphoric ester groups is 1. The van der Waals surface area contributed by atoms with Crippen molar-refractivity contribution in [2.75, 3.05) is 19.8 Å². The van der Waals surface area contributed by atoms with Crippen LogP contribution in [0.1, 0.15) is 149 Å². The zero-order valence-corrected chi connectivity index (χ0v) is 34.6. The second-order valence-electron chi connectivity index (χ2n) is 13.4. The number of rotatable bonds is 37. The van der Waals surface area contributed by atoms with Gasteiger partial charge in [-0.25, -0.2) is 4.57 Å². The van der Waals surface area contributed by atoms with Gasteiger partial charge in [-0.1, -0.05) is 132 Å². The first-order valence-corrected chi connectivity index (χ1v) is 22.0. The number of phosphoric acid groups is 1. The molecule has 55 heavy (non-hydrogen) atoms. The Morgan fingerprint density at radius 3 is 1.55 bits per heavy atom. The lowest BCUT2D eigenvalue weighted by Gasteiger charge is -2.20. The van der Waals surface area contributed by atoms with Crippen LogP contribution < -0.4 is 5.73 Å². The van der Waals surface area contributed by atoms with E-state index in [1.54, 1.807) is 0 Å². The molecule has 0 saturated carbocycles. The van der Waals surface area contributed by atoms with E-state index in [1.165, 1.54) is 32.1 Å². The summed E-state index contributed by atoms with van der Waals surface area (Å²) in [5.74, 6) is -2.48. The molecule has 0 amide bonds. The molecular weight excluding hydrogens is 721 g/mol. The lowest BCUT2D eigenvalue weighted by molar-refractivity contribution is -0.161. The van der Waals surface area contributed by atoms with Gasteiger partial charge < -0.3 is 25.2 Å². The molecule has 4 N–H and O–H groups in total. The Hall–Kier alpha value is -3.08. The molecule has 3 atom stereocenters. The van der Waals surface area contributed by atoms with Crippen molar-refractivity contribution >= 4 is 25.7 Å². The number of allylic oxidation sites excluding steroid dienone is 12. The van der Waals surface area contributed by atoms with E-state index in [4.69, 9.17) is 24.8 Å². The van der Waals surface area contributed by atoms with E-state index < -0.39 is 51.1 Å². The zero-order valence-electron chi connectivity index (χ0n) is 33.7. The molecule has 12 heteroatoms. The highest BCUT2D eigenvalue weighted by molar-refractivity contribution is 7.47. The minimum atomic E-state index is -4.73. The molecule has 0 aliphatic rings. The Morgan fingerprint density at radius 1 is 0.564 bits per heavy atom. The number of ether oxygens (including phenoxy) is 2. The van der Waals surface area contributed by atoms with Crippen molar-refractivity contribution in [3.63, 3.8) is 0 Å². The third-order valence-electron chi connectivity index (χ3n) is 8.18. The van der Waals surface area contributed by atoms with E-state index in [0.717, 1.165) is 70.6 Å². The highest BCUT2D eigenvalue weighted by Gasteiger charge is 2.28. The Labute approximate surface area is 331 Å². The highest BCUT2D eigenvalue weighted by atomic mass is 31.2. The number of carboxylic acid groups (broad SMARTS) is 1. The van der Waals surface area contributed by atoms with Gasteiger partial charge in [0.25, 0.3) is 0 Å². The number of aliphatic carboxylic acids is 1. The van der Waals surface area contributed by atoms with E-state index in [-0.39, 0.29) is 19.4 Å². The number of nitrogens with two attached hydrogens (primary N) is 1. The second-order valence-corrected chi connectivity index (χ2v) is 14.9. The van der Waals surface area contributed by atoms with Crippen LogP contribution in [-0.2, 0) is 37.5 Å². The largest absolute Gasteiger partial charge is 0.480 e. The molecule has 1 unspecified atom stereocenters. The second kappa shape index (κ2) is 37.8. The maximum absolute atomic E-state index is 12.6. The summed E-state index contributed by atoms with van der Waals surface area (Å²) in [6.07, 6.45) is 44.0. The summed E-state index contributed by atoms with van der Waals surface area (Å²) in [4.78, 5) is 45.8. The summed E-state index contributed by atoms with van der Waals surface area (Å²) in [5, 5.41) is 8.87. The van der Waals surface area contributed by atoms with Crippen molar-refractivity contribution in [2.45, 2.75) is 161 Å². The topological polar surface area (TPSA) is 172 Å². The van der Waals surface area contributed by atoms with Gasteiger partial charge in [-0.05, 0) is 77.0 Å². The van der Waals surface area contributed by atoms with Crippen molar-refractivity contribution in [2.24, 2.45) is 5.73 Å². The average molecular weight is 794 g/mol. The summed E-state index contributed by atoms with van der Waals surface area (Å²) in [5.41, 5.74) is 5.32. The Balaban J connectivity index is 4.55. The summed E-state index contributed by atoms with van der Waals surface area (Å²) in [7, 11) is -4.73. The number of unbranched alkanes of at least 4 members (excludes halogenated alkanes) is 11. The van der Waals surface area contributed by atoms with Crippen molar-refractivity contribution in [3.05, 3.63) is 72.9 Å². The SMILES string of the molecule is CCCC/C=C/C/C=C/CCCCCCCC(=O)OC[C@H](COP(=O)(O)OC[C@H](N)C(=O)O)OC(=O)CCC/C=C/C/C=C/C/C=C/C/C=C/CCCCC. The van der Waals surface area contributed by atoms with Crippen LogP contribution in [0, 0.1) is 0 Å². The van der Waals surface area contributed by atoms with Gasteiger partial charge in [0.05, 0.1) is 13.2 Å². The summed E-state index contributed by atoms with van der Waals surface area (Å²) in [6, 6.07) is -1.53. The van der Waals surface area contributed by atoms with Crippen LogP contribution in [-0.4, -0.2) is 59.9 Å². The Kier molecular flexibility index (Phi) is 35.7. The molecule has 0 heterocycles. The van der Waals surface area contributed by atoms with Gasteiger partial charge >= 0.3 is 25.7 Å².